The van der Waals surface area contributed by atoms with Crippen molar-refractivity contribution in [2.24, 2.45) is 0 Å². The van der Waals surface area contributed by atoms with Crippen molar-refractivity contribution in [2.45, 2.75) is 51.0 Å². The molecule has 1 amide bonds. The molecule has 1 saturated heterocycles. The molecule has 8 nitrogen and oxygen atoms in total. The van der Waals surface area contributed by atoms with Gasteiger partial charge in [0.15, 0.2) is 0 Å². The number of aliphatic hydroxyl groups excluding tert-OH is 2. The van der Waals surface area contributed by atoms with Gasteiger partial charge in [0, 0.05) is 11.8 Å². The van der Waals surface area contributed by atoms with Crippen LogP contribution in [-0.2, 0) is 4.74 Å². The second-order valence-electron chi connectivity index (χ2n) is 5.90. The van der Waals surface area contributed by atoms with E-state index in [0.29, 0.717) is 0 Å². The highest BCUT2D eigenvalue weighted by Gasteiger charge is 2.56. The Morgan fingerprint density at radius 3 is 2.11 bits per heavy atom. The van der Waals surface area contributed by atoms with Crippen LogP contribution >= 0.6 is 0 Å². The molecule has 0 aromatic carbocycles. The molecule has 1 fully saturated rings. The van der Waals surface area contributed by atoms with Gasteiger partial charge in [-0.1, -0.05) is 0 Å². The van der Waals surface area contributed by atoms with E-state index in [-0.39, 0.29) is 13.1 Å². The average molecular weight is 276 g/mol. The molecule has 0 unspecified atom stereocenters. The van der Waals surface area contributed by atoms with Crippen molar-refractivity contribution in [2.75, 3.05) is 13.1 Å². The van der Waals surface area contributed by atoms with Gasteiger partial charge < -0.3 is 19.8 Å². The van der Waals surface area contributed by atoms with Crippen molar-refractivity contribution in [1.82, 2.24) is 4.90 Å². The average Bonchev–Trinajstić information content (AvgIpc) is 2.22. The topological polar surface area (TPSA) is 113 Å². The molecule has 1 heterocycles. The number of hydrogen-bond acceptors (Lipinski definition) is 6. The number of carbonyl (C=O) groups excluding carboxylic acids is 1. The summed E-state index contributed by atoms with van der Waals surface area (Å²) < 4.78 is 5.10. The number of aliphatic hydroxyl groups is 2. The van der Waals surface area contributed by atoms with Crippen molar-refractivity contribution in [1.29, 1.82) is 0 Å². The third-order valence-electron chi connectivity index (χ3n) is 3.18. The minimum Gasteiger partial charge on any atom is -0.444 e. The monoisotopic (exact) mass is 276 g/mol. The number of nitro groups is 1. The van der Waals surface area contributed by atoms with Gasteiger partial charge in [0.25, 0.3) is 5.54 Å². The van der Waals surface area contributed by atoms with Gasteiger partial charge >= 0.3 is 6.09 Å². The molecule has 0 saturated carbocycles. The number of likely N-dealkylation sites (tertiary alicyclic amines) is 1. The van der Waals surface area contributed by atoms with E-state index in [9.17, 15) is 25.1 Å². The predicted octanol–water partition coefficient (Wildman–Crippen LogP) is -0.00570. The van der Waals surface area contributed by atoms with Crippen LogP contribution in [0.1, 0.15) is 27.7 Å². The number of hydrogen-bond donors (Lipinski definition) is 2. The van der Waals surface area contributed by atoms with Gasteiger partial charge in [-0.25, -0.2) is 4.79 Å². The first kappa shape index (κ1) is 15.6. The van der Waals surface area contributed by atoms with Crippen LogP contribution < -0.4 is 0 Å². The van der Waals surface area contributed by atoms with Gasteiger partial charge in [-0.15, -0.1) is 0 Å². The summed E-state index contributed by atoms with van der Waals surface area (Å²) in [5, 5.41) is 30.6. The summed E-state index contributed by atoms with van der Waals surface area (Å²) in [4.78, 5) is 23.1. The minimum absolute atomic E-state index is 0.247. The normalized spacial score (nSPS) is 32.0. The van der Waals surface area contributed by atoms with E-state index in [4.69, 9.17) is 4.74 Å². The third kappa shape index (κ3) is 3.13. The molecule has 1 rings (SSSR count). The number of rotatable bonds is 1. The second kappa shape index (κ2) is 4.93. The van der Waals surface area contributed by atoms with Crippen LogP contribution in [0.4, 0.5) is 4.79 Å². The molecule has 3 atom stereocenters. The van der Waals surface area contributed by atoms with Crippen LogP contribution in [0, 0.1) is 10.1 Å². The zero-order valence-electron chi connectivity index (χ0n) is 11.5. The second-order valence-corrected chi connectivity index (χ2v) is 5.90. The minimum atomic E-state index is -1.88. The van der Waals surface area contributed by atoms with E-state index in [2.05, 4.69) is 0 Å². The van der Waals surface area contributed by atoms with Gasteiger partial charge in [0.2, 0.25) is 0 Å². The molecule has 0 aromatic heterocycles. The van der Waals surface area contributed by atoms with Gasteiger partial charge in [-0.3, -0.25) is 10.1 Å². The van der Waals surface area contributed by atoms with Crippen LogP contribution in [0.5, 0.6) is 0 Å². The first-order chi connectivity index (χ1) is 8.48. The smallest absolute Gasteiger partial charge is 0.410 e. The fraction of sp³-hybridized carbons (Fsp3) is 0.909. The fourth-order valence-corrected chi connectivity index (χ4v) is 1.80. The largest absolute Gasteiger partial charge is 0.444 e. The van der Waals surface area contributed by atoms with Gasteiger partial charge in [-0.2, -0.15) is 0 Å². The summed E-state index contributed by atoms with van der Waals surface area (Å²) in [6.07, 6.45) is -3.63. The molecule has 0 radical (unpaired) electrons. The number of amides is 1. The SMILES string of the molecule is CC(C)(C)OC(=O)N1C[C@@H](O)[C@](C)([N+](=O)[O-])[C@@H](O)C1. The predicted molar refractivity (Wildman–Crippen MR) is 65.2 cm³/mol. The molecule has 8 heteroatoms. The van der Waals surface area contributed by atoms with Crippen LogP contribution in [-0.4, -0.2) is 62.6 Å². The maximum Gasteiger partial charge on any atom is 0.410 e. The molecule has 1 aliphatic rings. The molecule has 0 aromatic rings. The summed E-state index contributed by atoms with van der Waals surface area (Å²) in [5.41, 5.74) is -2.59. The highest BCUT2D eigenvalue weighted by Crippen LogP contribution is 2.27. The summed E-state index contributed by atoms with van der Waals surface area (Å²) >= 11 is 0. The fourth-order valence-electron chi connectivity index (χ4n) is 1.80. The number of carbonyl (C=O) groups is 1. The van der Waals surface area contributed by atoms with Crippen LogP contribution in [0.2, 0.25) is 0 Å². The first-order valence-electron chi connectivity index (χ1n) is 5.97. The van der Waals surface area contributed by atoms with E-state index >= 15 is 0 Å². The number of piperidine rings is 1. The molecular weight excluding hydrogens is 256 g/mol. The van der Waals surface area contributed by atoms with Crippen molar-refractivity contribution in [3.05, 3.63) is 10.1 Å². The Morgan fingerprint density at radius 2 is 1.79 bits per heavy atom. The molecule has 0 aliphatic carbocycles. The quantitative estimate of drug-likeness (QED) is 0.514. The Labute approximate surface area is 111 Å². The number of ether oxygens (including phenoxy) is 1. The highest BCUT2D eigenvalue weighted by atomic mass is 16.6. The highest BCUT2D eigenvalue weighted by molar-refractivity contribution is 5.68. The lowest BCUT2D eigenvalue weighted by Crippen LogP contribution is -2.67. The number of nitrogens with zero attached hydrogens (tertiary/aromatic N) is 2. The van der Waals surface area contributed by atoms with Crippen LogP contribution in [0.15, 0.2) is 0 Å². The van der Waals surface area contributed by atoms with Crippen LogP contribution in [0.3, 0.4) is 0 Å². The maximum atomic E-state index is 11.8. The van der Waals surface area contributed by atoms with Crippen molar-refractivity contribution < 1.29 is 24.7 Å². The third-order valence-corrected chi connectivity index (χ3v) is 3.18. The van der Waals surface area contributed by atoms with Crippen LogP contribution in [0.25, 0.3) is 0 Å². The van der Waals surface area contributed by atoms with Gasteiger partial charge in [0.1, 0.15) is 17.8 Å². The van der Waals surface area contributed by atoms with Gasteiger partial charge in [0.05, 0.1) is 13.1 Å². The van der Waals surface area contributed by atoms with Crippen molar-refractivity contribution in [3.63, 3.8) is 0 Å². The molecule has 0 spiro atoms. The Bertz CT molecular complexity index is 366. The van der Waals surface area contributed by atoms with E-state index in [1.54, 1.807) is 20.8 Å². The summed E-state index contributed by atoms with van der Waals surface area (Å²) in [7, 11) is 0. The molecule has 2 N–H and O–H groups in total. The molecule has 1 aliphatic heterocycles. The lowest BCUT2D eigenvalue weighted by atomic mass is 9.85. The van der Waals surface area contributed by atoms with Crippen molar-refractivity contribution in [3.8, 4) is 0 Å². The Balaban J connectivity index is 2.81. The number of β-amino-alcohol motifs (C(OH)–C–C–N with tert-alkyl or cyclic N) is 2. The lowest BCUT2D eigenvalue weighted by molar-refractivity contribution is -0.594. The summed E-state index contributed by atoms with van der Waals surface area (Å²) in [6.45, 7) is 5.72. The zero-order chi connectivity index (χ0) is 15.0. The van der Waals surface area contributed by atoms with E-state index in [1.807, 2.05) is 0 Å². The molecule has 0 bridgehead atoms. The standard InChI is InChI=1S/C11H20N2O6/c1-10(2,3)19-9(16)12-5-7(14)11(4,13(17)18)8(15)6-12/h7-8,14-15H,5-6H2,1-4H3/t7-,8+,11+. The zero-order valence-corrected chi connectivity index (χ0v) is 11.5. The molecular formula is C11H20N2O6. The van der Waals surface area contributed by atoms with E-state index < -0.39 is 34.4 Å². The Kier molecular flexibility index (Phi) is 4.06. The molecule has 19 heavy (non-hydrogen) atoms. The maximum absolute atomic E-state index is 11.8. The first-order valence-corrected chi connectivity index (χ1v) is 5.97. The Hall–Kier alpha value is -1.41. The van der Waals surface area contributed by atoms with Gasteiger partial charge in [-0.05, 0) is 20.8 Å². The summed E-state index contributed by atoms with van der Waals surface area (Å²) in [6, 6.07) is 0. The lowest BCUT2D eigenvalue weighted by Gasteiger charge is -2.40. The Morgan fingerprint density at radius 1 is 1.37 bits per heavy atom. The summed E-state index contributed by atoms with van der Waals surface area (Å²) in [5.74, 6) is 0. The molecule has 110 valence electrons. The van der Waals surface area contributed by atoms with E-state index in [0.717, 1.165) is 11.8 Å². The van der Waals surface area contributed by atoms with Crippen molar-refractivity contribution >= 4 is 6.09 Å². The van der Waals surface area contributed by atoms with E-state index in [1.165, 1.54) is 0 Å².